The van der Waals surface area contributed by atoms with Crippen LogP contribution in [-0.4, -0.2) is 16.0 Å². The molecule has 0 aromatic carbocycles. The first-order valence-corrected chi connectivity index (χ1v) is 4.93. The van der Waals surface area contributed by atoms with E-state index in [-0.39, 0.29) is 17.0 Å². The van der Waals surface area contributed by atoms with E-state index < -0.39 is 6.61 Å². The minimum absolute atomic E-state index is 0.0199. The van der Waals surface area contributed by atoms with E-state index in [4.69, 9.17) is 5.26 Å². The summed E-state index contributed by atoms with van der Waals surface area (Å²) in [5.41, 5.74) is 0.251. The second kappa shape index (κ2) is 4.06. The highest BCUT2D eigenvalue weighted by Crippen LogP contribution is 2.25. The Morgan fingerprint density at radius 3 is 2.94 bits per heavy atom. The summed E-state index contributed by atoms with van der Waals surface area (Å²) in [5, 5.41) is 8.90. The molecule has 82 valence electrons. The summed E-state index contributed by atoms with van der Waals surface area (Å²) >= 11 is 3.21. The molecule has 0 bridgehead atoms. The maximum absolute atomic E-state index is 12.1. The van der Waals surface area contributed by atoms with Crippen molar-refractivity contribution in [3.05, 3.63) is 28.6 Å². The molecule has 2 aromatic heterocycles. The van der Waals surface area contributed by atoms with Crippen molar-refractivity contribution in [2.24, 2.45) is 0 Å². The minimum atomic E-state index is -2.96. The molecule has 0 spiro atoms. The Kier molecular flexibility index (Phi) is 2.75. The number of aromatic nitrogens is 2. The number of nitrogens with zero attached hydrogens (tertiary/aromatic N) is 3. The summed E-state index contributed by atoms with van der Waals surface area (Å²) in [7, 11) is 0. The van der Waals surface area contributed by atoms with Crippen LogP contribution in [0.2, 0.25) is 0 Å². The lowest BCUT2D eigenvalue weighted by atomic mass is 10.2. The van der Waals surface area contributed by atoms with E-state index in [9.17, 15) is 8.78 Å². The summed E-state index contributed by atoms with van der Waals surface area (Å²) in [4.78, 5) is 3.93. The van der Waals surface area contributed by atoms with E-state index >= 15 is 0 Å². The lowest BCUT2D eigenvalue weighted by Crippen LogP contribution is -2.04. The number of ether oxygens (including phenoxy) is 1. The van der Waals surface area contributed by atoms with Gasteiger partial charge in [-0.2, -0.15) is 14.0 Å². The number of hydrogen-bond acceptors (Lipinski definition) is 3. The highest BCUT2D eigenvalue weighted by Gasteiger charge is 2.15. The fraction of sp³-hybridized carbons (Fsp3) is 0.111. The molecular formula is C9H4BrF2N3O. The van der Waals surface area contributed by atoms with Crippen LogP contribution in [0.5, 0.6) is 5.75 Å². The van der Waals surface area contributed by atoms with Gasteiger partial charge in [0, 0.05) is 6.20 Å². The van der Waals surface area contributed by atoms with Crippen LogP contribution in [0.3, 0.4) is 0 Å². The standard InChI is InChI=1S/C9H4BrF2N3O/c10-7-4-14-8-5(3-13)6(16-9(11)12)1-2-15(7)8/h1-2,4,9H. The second-order valence-electron chi connectivity index (χ2n) is 2.82. The lowest BCUT2D eigenvalue weighted by Gasteiger charge is -2.06. The van der Waals surface area contributed by atoms with Crippen molar-refractivity contribution < 1.29 is 13.5 Å². The number of pyridine rings is 1. The van der Waals surface area contributed by atoms with E-state index in [0.29, 0.717) is 4.60 Å². The molecule has 0 saturated heterocycles. The van der Waals surface area contributed by atoms with Crippen molar-refractivity contribution in [1.82, 2.24) is 9.38 Å². The predicted molar refractivity (Wildman–Crippen MR) is 54.2 cm³/mol. The summed E-state index contributed by atoms with van der Waals surface area (Å²) in [6, 6.07) is 3.09. The zero-order chi connectivity index (χ0) is 11.7. The molecular weight excluding hydrogens is 284 g/mol. The van der Waals surface area contributed by atoms with Crippen LogP contribution in [0.1, 0.15) is 5.56 Å². The Labute approximate surface area is 97.2 Å². The van der Waals surface area contributed by atoms with Crippen LogP contribution in [0, 0.1) is 11.3 Å². The first kappa shape index (κ1) is 10.8. The zero-order valence-electron chi connectivity index (χ0n) is 7.69. The molecule has 0 unspecified atom stereocenters. The Bertz CT molecular complexity index is 576. The summed E-state index contributed by atoms with van der Waals surface area (Å²) < 4.78 is 30.6. The highest BCUT2D eigenvalue weighted by molar-refractivity contribution is 9.10. The zero-order valence-corrected chi connectivity index (χ0v) is 9.28. The van der Waals surface area contributed by atoms with E-state index in [0.717, 1.165) is 0 Å². The molecule has 0 fully saturated rings. The summed E-state index contributed by atoms with van der Waals surface area (Å²) in [5.74, 6) is -0.178. The first-order valence-electron chi connectivity index (χ1n) is 4.14. The maximum atomic E-state index is 12.1. The lowest BCUT2D eigenvalue weighted by molar-refractivity contribution is -0.0500. The van der Waals surface area contributed by atoms with Crippen molar-refractivity contribution in [3.63, 3.8) is 0 Å². The maximum Gasteiger partial charge on any atom is 0.387 e. The van der Waals surface area contributed by atoms with Gasteiger partial charge in [-0.3, -0.25) is 4.40 Å². The van der Waals surface area contributed by atoms with E-state index in [1.165, 1.54) is 18.5 Å². The number of alkyl halides is 2. The number of nitriles is 1. The van der Waals surface area contributed by atoms with Crippen LogP contribution >= 0.6 is 15.9 Å². The monoisotopic (exact) mass is 287 g/mol. The van der Waals surface area contributed by atoms with Crippen LogP contribution in [0.25, 0.3) is 5.65 Å². The van der Waals surface area contributed by atoms with Gasteiger partial charge in [0.15, 0.2) is 5.65 Å². The quantitative estimate of drug-likeness (QED) is 0.853. The average molecular weight is 288 g/mol. The van der Waals surface area contributed by atoms with Crippen LogP contribution in [0.15, 0.2) is 23.1 Å². The Balaban J connectivity index is 2.65. The van der Waals surface area contributed by atoms with Gasteiger partial charge in [-0.05, 0) is 22.0 Å². The van der Waals surface area contributed by atoms with Crippen LogP contribution < -0.4 is 4.74 Å². The fourth-order valence-electron chi connectivity index (χ4n) is 1.30. The topological polar surface area (TPSA) is 50.3 Å². The molecule has 0 saturated carbocycles. The van der Waals surface area contributed by atoms with Crippen molar-refractivity contribution in [2.45, 2.75) is 6.61 Å². The molecule has 0 aliphatic carbocycles. The van der Waals surface area contributed by atoms with Gasteiger partial charge >= 0.3 is 6.61 Å². The van der Waals surface area contributed by atoms with Gasteiger partial charge in [0.2, 0.25) is 0 Å². The minimum Gasteiger partial charge on any atom is -0.433 e. The third-order valence-electron chi connectivity index (χ3n) is 1.92. The molecule has 4 nitrogen and oxygen atoms in total. The van der Waals surface area contributed by atoms with Gasteiger partial charge in [0.1, 0.15) is 22.0 Å². The summed E-state index contributed by atoms with van der Waals surface area (Å²) in [6.45, 7) is -2.96. The van der Waals surface area contributed by atoms with Gasteiger partial charge in [0.05, 0.1) is 6.20 Å². The van der Waals surface area contributed by atoms with Crippen molar-refractivity contribution >= 4 is 21.6 Å². The molecule has 0 radical (unpaired) electrons. The largest absolute Gasteiger partial charge is 0.433 e. The van der Waals surface area contributed by atoms with Crippen LogP contribution in [-0.2, 0) is 0 Å². The SMILES string of the molecule is N#Cc1c(OC(F)F)ccn2c(Br)cnc12. The van der Waals surface area contributed by atoms with Crippen LogP contribution in [0.4, 0.5) is 8.78 Å². The molecule has 0 amide bonds. The molecule has 7 heteroatoms. The number of rotatable bonds is 2. The van der Waals surface area contributed by atoms with Crippen molar-refractivity contribution in [2.75, 3.05) is 0 Å². The van der Waals surface area contributed by atoms with E-state index in [1.807, 2.05) is 0 Å². The van der Waals surface area contributed by atoms with Gasteiger partial charge in [-0.15, -0.1) is 0 Å². The Morgan fingerprint density at radius 2 is 2.31 bits per heavy atom. The molecule has 16 heavy (non-hydrogen) atoms. The molecule has 0 aliphatic heterocycles. The Morgan fingerprint density at radius 1 is 1.56 bits per heavy atom. The fourth-order valence-corrected chi connectivity index (χ4v) is 1.69. The van der Waals surface area contributed by atoms with E-state index in [2.05, 4.69) is 25.7 Å². The average Bonchev–Trinajstić information content (AvgIpc) is 2.59. The van der Waals surface area contributed by atoms with E-state index in [1.54, 1.807) is 10.5 Å². The normalized spacial score (nSPS) is 10.7. The van der Waals surface area contributed by atoms with Gasteiger partial charge in [0.25, 0.3) is 0 Å². The predicted octanol–water partition coefficient (Wildman–Crippen LogP) is 2.57. The Hall–Kier alpha value is -1.68. The summed E-state index contributed by atoms with van der Waals surface area (Å²) in [6.07, 6.45) is 2.97. The smallest absolute Gasteiger partial charge is 0.387 e. The third kappa shape index (κ3) is 1.72. The van der Waals surface area contributed by atoms with Gasteiger partial charge in [-0.1, -0.05) is 0 Å². The van der Waals surface area contributed by atoms with Crippen molar-refractivity contribution in [3.8, 4) is 11.8 Å². The number of hydrogen-bond donors (Lipinski definition) is 0. The first-order chi connectivity index (χ1) is 7.63. The molecule has 2 rings (SSSR count). The van der Waals surface area contributed by atoms with Crippen molar-refractivity contribution in [1.29, 1.82) is 5.26 Å². The second-order valence-corrected chi connectivity index (χ2v) is 3.63. The molecule has 0 atom stereocenters. The molecule has 2 aromatic rings. The number of fused-ring (bicyclic) bond motifs is 1. The molecule has 2 heterocycles. The van der Waals surface area contributed by atoms with Gasteiger partial charge < -0.3 is 4.74 Å². The number of halogens is 3. The highest BCUT2D eigenvalue weighted by atomic mass is 79.9. The van der Waals surface area contributed by atoms with Gasteiger partial charge in [-0.25, -0.2) is 4.98 Å². The third-order valence-corrected chi connectivity index (χ3v) is 2.51. The number of imidazole rings is 1. The molecule has 0 N–H and O–H groups in total. The molecule has 0 aliphatic rings.